The van der Waals surface area contributed by atoms with Crippen molar-refractivity contribution >= 4 is 55.2 Å². The summed E-state index contributed by atoms with van der Waals surface area (Å²) in [6, 6.07) is 27.1. The standard InChI is InChI=1S/C27H19Br2N3O2S/c1-34-20-10-7-17(8-11-20)21-14-25(18-5-3-2-4-6-18)32-27(22(21)15-30)35-16-26(33)31-24-12-9-19(28)13-23(24)29/h2-14H,16H2,1H3,(H,31,33). The van der Waals surface area contributed by atoms with Crippen LogP contribution in [0.4, 0.5) is 5.69 Å². The van der Waals surface area contributed by atoms with Crippen LogP contribution in [0.5, 0.6) is 5.75 Å². The molecular formula is C27H19Br2N3O2S. The van der Waals surface area contributed by atoms with E-state index in [-0.39, 0.29) is 11.7 Å². The zero-order chi connectivity index (χ0) is 24.8. The molecule has 0 bridgehead atoms. The Bertz CT molecular complexity index is 1400. The number of carbonyl (C=O) groups excluding carboxylic acids is 1. The molecule has 174 valence electrons. The average molecular weight is 609 g/mol. The summed E-state index contributed by atoms with van der Waals surface area (Å²) < 4.78 is 6.95. The molecule has 3 aromatic carbocycles. The summed E-state index contributed by atoms with van der Waals surface area (Å²) >= 11 is 8.10. The lowest BCUT2D eigenvalue weighted by molar-refractivity contribution is -0.113. The van der Waals surface area contributed by atoms with Gasteiger partial charge in [0.05, 0.1) is 29.8 Å². The molecule has 1 heterocycles. The highest BCUT2D eigenvalue weighted by Crippen LogP contribution is 2.35. The molecule has 35 heavy (non-hydrogen) atoms. The van der Waals surface area contributed by atoms with Crippen LogP contribution in [0.15, 0.2) is 92.8 Å². The van der Waals surface area contributed by atoms with Crippen LogP contribution in [0, 0.1) is 11.3 Å². The van der Waals surface area contributed by atoms with Crippen LogP contribution in [-0.2, 0) is 4.79 Å². The zero-order valence-electron chi connectivity index (χ0n) is 18.6. The Morgan fingerprint density at radius 1 is 1.03 bits per heavy atom. The summed E-state index contributed by atoms with van der Waals surface area (Å²) in [4.78, 5) is 17.5. The first kappa shape index (κ1) is 25.0. The number of methoxy groups -OCH3 is 1. The first-order valence-electron chi connectivity index (χ1n) is 10.5. The van der Waals surface area contributed by atoms with Crippen molar-refractivity contribution in [2.75, 3.05) is 18.2 Å². The van der Waals surface area contributed by atoms with Gasteiger partial charge in [0.2, 0.25) is 5.91 Å². The maximum atomic E-state index is 12.7. The smallest absolute Gasteiger partial charge is 0.234 e. The van der Waals surface area contributed by atoms with Gasteiger partial charge in [0.15, 0.2) is 0 Å². The van der Waals surface area contributed by atoms with Gasteiger partial charge in [-0.1, -0.05) is 70.2 Å². The number of hydrogen-bond donors (Lipinski definition) is 1. The van der Waals surface area contributed by atoms with E-state index < -0.39 is 0 Å². The van der Waals surface area contributed by atoms with Crippen molar-refractivity contribution in [3.63, 3.8) is 0 Å². The van der Waals surface area contributed by atoms with Gasteiger partial charge in [-0.25, -0.2) is 4.98 Å². The van der Waals surface area contributed by atoms with E-state index in [1.807, 2.05) is 78.9 Å². The molecule has 5 nitrogen and oxygen atoms in total. The maximum absolute atomic E-state index is 12.7. The molecule has 0 atom stereocenters. The SMILES string of the molecule is COc1ccc(-c2cc(-c3ccccc3)nc(SCC(=O)Nc3ccc(Br)cc3Br)c2C#N)cc1. The highest BCUT2D eigenvalue weighted by molar-refractivity contribution is 9.11. The molecule has 4 aromatic rings. The number of halogens is 2. The van der Waals surface area contributed by atoms with Crippen LogP contribution < -0.4 is 10.1 Å². The maximum Gasteiger partial charge on any atom is 0.234 e. The average Bonchev–Trinajstić information content (AvgIpc) is 2.89. The molecule has 0 aliphatic rings. The summed E-state index contributed by atoms with van der Waals surface area (Å²) in [5.41, 5.74) is 4.38. The number of rotatable bonds is 7. The number of aromatic nitrogens is 1. The molecule has 0 fully saturated rings. The van der Waals surface area contributed by atoms with Crippen LogP contribution in [0.1, 0.15) is 5.56 Å². The van der Waals surface area contributed by atoms with Crippen molar-refractivity contribution in [1.29, 1.82) is 5.26 Å². The molecular weight excluding hydrogens is 590 g/mol. The van der Waals surface area contributed by atoms with E-state index in [1.54, 1.807) is 7.11 Å². The summed E-state index contributed by atoms with van der Waals surface area (Å²) in [5.74, 6) is 0.639. The Labute approximate surface area is 224 Å². The lowest BCUT2D eigenvalue weighted by atomic mass is 9.99. The second-order valence-corrected chi connectivity index (χ2v) is 10.1. The van der Waals surface area contributed by atoms with Gasteiger partial charge < -0.3 is 10.1 Å². The number of nitrogens with one attached hydrogen (secondary N) is 1. The van der Waals surface area contributed by atoms with Crippen LogP contribution >= 0.6 is 43.6 Å². The Hall–Kier alpha value is -3.12. The third-order valence-electron chi connectivity index (χ3n) is 5.11. The largest absolute Gasteiger partial charge is 0.497 e. The van der Waals surface area contributed by atoms with Crippen LogP contribution in [0.2, 0.25) is 0 Å². The minimum Gasteiger partial charge on any atom is -0.497 e. The van der Waals surface area contributed by atoms with Crippen molar-refractivity contribution in [1.82, 2.24) is 4.98 Å². The number of thioether (sulfide) groups is 1. The number of anilines is 1. The molecule has 1 N–H and O–H groups in total. The number of nitrogens with zero attached hydrogens (tertiary/aromatic N) is 2. The molecule has 0 aliphatic carbocycles. The number of pyridine rings is 1. The fourth-order valence-electron chi connectivity index (χ4n) is 3.40. The first-order chi connectivity index (χ1) is 17.0. The predicted molar refractivity (Wildman–Crippen MR) is 148 cm³/mol. The van der Waals surface area contributed by atoms with Gasteiger partial charge in [0.1, 0.15) is 16.8 Å². The Kier molecular flexibility index (Phi) is 8.24. The molecule has 1 amide bonds. The normalized spacial score (nSPS) is 10.5. The number of amides is 1. The molecule has 0 saturated heterocycles. The molecule has 0 radical (unpaired) electrons. The van der Waals surface area contributed by atoms with Gasteiger partial charge in [0, 0.05) is 20.1 Å². The second kappa shape index (κ2) is 11.5. The third-order valence-corrected chi connectivity index (χ3v) is 7.24. The summed E-state index contributed by atoms with van der Waals surface area (Å²) in [6.45, 7) is 0. The fourth-order valence-corrected chi connectivity index (χ4v) is 5.35. The van der Waals surface area contributed by atoms with E-state index in [2.05, 4.69) is 43.2 Å². The lowest BCUT2D eigenvalue weighted by Crippen LogP contribution is -2.14. The van der Waals surface area contributed by atoms with Gasteiger partial charge in [-0.05, 0) is 57.9 Å². The Morgan fingerprint density at radius 2 is 1.77 bits per heavy atom. The zero-order valence-corrected chi connectivity index (χ0v) is 22.6. The monoisotopic (exact) mass is 607 g/mol. The van der Waals surface area contributed by atoms with Crippen LogP contribution in [-0.4, -0.2) is 23.8 Å². The van der Waals surface area contributed by atoms with Crippen LogP contribution in [0.25, 0.3) is 22.4 Å². The first-order valence-corrected chi connectivity index (χ1v) is 13.1. The number of carbonyl (C=O) groups is 1. The molecule has 1 aromatic heterocycles. The van der Waals surface area contributed by atoms with Crippen molar-refractivity contribution in [2.24, 2.45) is 0 Å². The molecule has 4 rings (SSSR count). The minimum atomic E-state index is -0.195. The Morgan fingerprint density at radius 3 is 2.43 bits per heavy atom. The van der Waals surface area contributed by atoms with E-state index in [9.17, 15) is 10.1 Å². The highest BCUT2D eigenvalue weighted by atomic mass is 79.9. The Balaban J connectivity index is 1.68. The lowest BCUT2D eigenvalue weighted by Gasteiger charge is -2.13. The van der Waals surface area contributed by atoms with Crippen molar-refractivity contribution < 1.29 is 9.53 Å². The molecule has 0 saturated carbocycles. The molecule has 0 unspecified atom stereocenters. The van der Waals surface area contributed by atoms with Gasteiger partial charge in [-0.3, -0.25) is 4.79 Å². The van der Waals surface area contributed by atoms with Crippen molar-refractivity contribution in [2.45, 2.75) is 5.03 Å². The van der Waals surface area contributed by atoms with Crippen LogP contribution in [0.3, 0.4) is 0 Å². The third kappa shape index (κ3) is 6.12. The quantitative estimate of drug-likeness (QED) is 0.219. The molecule has 0 spiro atoms. The van der Waals surface area contributed by atoms with Gasteiger partial charge in [-0.15, -0.1) is 0 Å². The number of hydrogen-bond acceptors (Lipinski definition) is 5. The number of ether oxygens (including phenoxy) is 1. The van der Waals surface area contributed by atoms with Gasteiger partial charge >= 0.3 is 0 Å². The van der Waals surface area contributed by atoms with Crippen molar-refractivity contribution in [3.05, 3.63) is 93.4 Å². The van der Waals surface area contributed by atoms with E-state index in [1.165, 1.54) is 11.8 Å². The second-order valence-electron chi connectivity index (χ2n) is 7.40. The van der Waals surface area contributed by atoms with E-state index in [4.69, 9.17) is 9.72 Å². The highest BCUT2D eigenvalue weighted by Gasteiger charge is 2.17. The predicted octanol–water partition coefficient (Wildman–Crippen LogP) is 7.55. The van der Waals surface area contributed by atoms with E-state index in [0.29, 0.717) is 16.3 Å². The summed E-state index contributed by atoms with van der Waals surface area (Å²) in [5, 5.41) is 13.4. The topological polar surface area (TPSA) is 75.0 Å². The van der Waals surface area contributed by atoms with E-state index in [0.717, 1.165) is 37.1 Å². The number of nitriles is 1. The van der Waals surface area contributed by atoms with Crippen molar-refractivity contribution in [3.8, 4) is 34.2 Å². The summed E-state index contributed by atoms with van der Waals surface area (Å²) in [7, 11) is 1.61. The summed E-state index contributed by atoms with van der Waals surface area (Å²) in [6.07, 6.45) is 0. The molecule has 0 aliphatic heterocycles. The minimum absolute atomic E-state index is 0.102. The van der Waals surface area contributed by atoms with Gasteiger partial charge in [0.25, 0.3) is 0 Å². The number of benzene rings is 3. The van der Waals surface area contributed by atoms with E-state index >= 15 is 0 Å². The van der Waals surface area contributed by atoms with Gasteiger partial charge in [-0.2, -0.15) is 5.26 Å². The molecule has 8 heteroatoms. The fraction of sp³-hybridized carbons (Fsp3) is 0.0741.